The molecule has 0 amide bonds. The van der Waals surface area contributed by atoms with Crippen LogP contribution in [0.4, 0.5) is 27.5 Å². The third kappa shape index (κ3) is 4.63. The molecule has 1 aromatic heterocycles. The Morgan fingerprint density at radius 1 is 1.32 bits per heavy atom. The summed E-state index contributed by atoms with van der Waals surface area (Å²) in [6.07, 6.45) is 7.07. The highest BCUT2D eigenvalue weighted by Crippen LogP contribution is 2.38. The Bertz CT molecular complexity index is 1080. The first-order chi connectivity index (χ1) is 16.3. The highest BCUT2D eigenvalue weighted by Gasteiger charge is 2.43. The average Bonchev–Trinajstić information content (AvgIpc) is 3.46. The van der Waals surface area contributed by atoms with Crippen molar-refractivity contribution < 1.29 is 8.94 Å². The zero-order chi connectivity index (χ0) is 23.9. The molecule has 3 atom stereocenters. The minimum Gasteiger partial charge on any atom is -0.609 e. The van der Waals surface area contributed by atoms with Crippen molar-refractivity contribution in [2.45, 2.75) is 57.2 Å². The van der Waals surface area contributed by atoms with Gasteiger partial charge in [-0.2, -0.15) is 9.99 Å². The van der Waals surface area contributed by atoms with Crippen LogP contribution in [0.25, 0.3) is 0 Å². The van der Waals surface area contributed by atoms with E-state index >= 15 is 0 Å². The van der Waals surface area contributed by atoms with Gasteiger partial charge in [0.15, 0.2) is 11.6 Å². The molecule has 5 rings (SSSR count). The Kier molecular flexibility index (Phi) is 6.23. The number of piperidine rings is 1. The lowest BCUT2D eigenvalue weighted by molar-refractivity contribution is 0.0500. The predicted molar refractivity (Wildman–Crippen MR) is 132 cm³/mol. The summed E-state index contributed by atoms with van der Waals surface area (Å²) in [6, 6.07) is 8.06. The molecule has 0 bridgehead atoms. The van der Waals surface area contributed by atoms with Crippen molar-refractivity contribution in [3.05, 3.63) is 36.3 Å². The zero-order valence-electron chi connectivity index (χ0n) is 19.5. The number of nitrogens with zero attached hydrogens (tertiary/aromatic N) is 5. The highest BCUT2D eigenvalue weighted by atomic mass is 32.2. The molecular formula is C22H30FN9OS. The van der Waals surface area contributed by atoms with Gasteiger partial charge >= 0.3 is 5.17 Å². The fourth-order valence-corrected chi connectivity index (χ4v) is 5.86. The van der Waals surface area contributed by atoms with Crippen molar-refractivity contribution in [1.82, 2.24) is 25.9 Å². The van der Waals surface area contributed by atoms with Gasteiger partial charge in [-0.15, -0.1) is 5.53 Å². The van der Waals surface area contributed by atoms with Crippen molar-refractivity contribution in [1.29, 1.82) is 0 Å². The Labute approximate surface area is 201 Å². The minimum absolute atomic E-state index is 0.0743. The van der Waals surface area contributed by atoms with Crippen molar-refractivity contribution in [3.8, 4) is 0 Å². The molecule has 10 nitrogen and oxygen atoms in total. The third-order valence-electron chi connectivity index (χ3n) is 6.66. The molecule has 12 heteroatoms. The summed E-state index contributed by atoms with van der Waals surface area (Å²) in [6.45, 7) is 5.68. The van der Waals surface area contributed by atoms with Crippen LogP contribution in [-0.2, 0) is 11.2 Å². The van der Waals surface area contributed by atoms with E-state index in [-0.39, 0.29) is 17.4 Å². The fraction of sp³-hybridized carbons (Fsp3) is 0.500. The number of aromatic nitrogens is 2. The number of halogens is 1. The molecule has 34 heavy (non-hydrogen) atoms. The highest BCUT2D eigenvalue weighted by molar-refractivity contribution is 8.06. The molecule has 2 saturated heterocycles. The number of nitrogens with one attached hydrogen (secondary N) is 4. The van der Waals surface area contributed by atoms with Gasteiger partial charge in [0.1, 0.15) is 6.26 Å². The lowest BCUT2D eigenvalue weighted by atomic mass is 9.84. The molecule has 2 aromatic rings. The predicted octanol–water partition coefficient (Wildman–Crippen LogP) is 2.66. The van der Waals surface area contributed by atoms with E-state index in [1.807, 2.05) is 24.3 Å². The van der Waals surface area contributed by atoms with E-state index in [2.05, 4.69) is 55.5 Å². The standard InChI is InChI=1S/C22H30FN9OS/c1-22(2)12-15(11-16-8-5-9-31(16)22)25-19-18(23)13-24-20(27-19)26-14-6-4-7-17(10-14)32-21(34(3)33)28-29-30-32/h4,6-7,10,13,15-16,29-30H,5,8-9,11-12H2,1-3H3,(H2,24,25,26,27)/t15-,16+,34?/m1/s1. The third-order valence-corrected chi connectivity index (χ3v) is 7.45. The molecule has 3 aliphatic rings. The Morgan fingerprint density at radius 2 is 2.18 bits per heavy atom. The van der Waals surface area contributed by atoms with E-state index < -0.39 is 17.0 Å². The summed E-state index contributed by atoms with van der Waals surface area (Å²) in [4.78, 5) is 11.1. The lowest BCUT2D eigenvalue weighted by Gasteiger charge is -2.47. The number of rotatable bonds is 5. The Balaban J connectivity index is 1.31. The van der Waals surface area contributed by atoms with Crippen molar-refractivity contribution in [3.63, 3.8) is 0 Å². The molecule has 0 saturated carbocycles. The van der Waals surface area contributed by atoms with E-state index in [0.29, 0.717) is 22.8 Å². The lowest BCUT2D eigenvalue weighted by Crippen LogP contribution is -2.55. The quantitative estimate of drug-likeness (QED) is 0.472. The average molecular weight is 488 g/mol. The number of fused-ring (bicyclic) bond motifs is 1. The summed E-state index contributed by atoms with van der Waals surface area (Å²) in [5.41, 5.74) is 6.95. The zero-order valence-corrected chi connectivity index (χ0v) is 20.3. The van der Waals surface area contributed by atoms with Gasteiger partial charge in [0.05, 0.1) is 11.9 Å². The molecule has 0 spiro atoms. The second kappa shape index (κ2) is 9.17. The van der Waals surface area contributed by atoms with Crippen LogP contribution in [0, 0.1) is 5.82 Å². The van der Waals surface area contributed by atoms with Gasteiger partial charge in [0, 0.05) is 34.5 Å². The molecule has 0 aliphatic carbocycles. The number of hydrazone groups is 1. The molecule has 1 aromatic carbocycles. The van der Waals surface area contributed by atoms with Crippen LogP contribution in [0.3, 0.4) is 0 Å². The topological polar surface area (TPSA) is 116 Å². The van der Waals surface area contributed by atoms with Crippen molar-refractivity contribution in [2.24, 2.45) is 5.10 Å². The van der Waals surface area contributed by atoms with E-state index in [0.717, 1.165) is 25.1 Å². The second-order valence-corrected chi connectivity index (χ2v) is 10.8. The number of anilines is 4. The number of hydrogen-bond acceptors (Lipinski definition) is 10. The van der Waals surface area contributed by atoms with E-state index in [1.165, 1.54) is 19.0 Å². The monoisotopic (exact) mass is 487 g/mol. The van der Waals surface area contributed by atoms with Crippen LogP contribution >= 0.6 is 0 Å². The van der Waals surface area contributed by atoms with Crippen LogP contribution in [0.2, 0.25) is 0 Å². The first-order valence-corrected chi connectivity index (χ1v) is 13.0. The normalized spacial score (nSPS) is 24.9. The number of benzene rings is 1. The Hall–Kier alpha value is -2.67. The summed E-state index contributed by atoms with van der Waals surface area (Å²) in [7, 11) is 0. The first kappa shape index (κ1) is 23.1. The van der Waals surface area contributed by atoms with Gasteiger partial charge in [-0.25, -0.2) is 14.9 Å². The number of hydrogen-bond donors (Lipinski definition) is 4. The van der Waals surface area contributed by atoms with Crippen LogP contribution in [0.5, 0.6) is 0 Å². The van der Waals surface area contributed by atoms with Gasteiger partial charge in [-0.3, -0.25) is 4.90 Å². The molecule has 4 heterocycles. The molecule has 1 unspecified atom stereocenters. The SMILES string of the molecule is C[S+]([O-])C1=NNNN1c1cccc(Nc2ncc(F)c(N[C@@H]3C[C@@H]4CCCN4C(C)(C)C3)n2)c1. The molecule has 2 fully saturated rings. The summed E-state index contributed by atoms with van der Waals surface area (Å²) >= 11 is -1.28. The van der Waals surface area contributed by atoms with Gasteiger partial charge in [-0.1, -0.05) is 11.2 Å². The smallest absolute Gasteiger partial charge is 0.357 e. The summed E-state index contributed by atoms with van der Waals surface area (Å²) in [5, 5.41) is 12.4. The maximum Gasteiger partial charge on any atom is 0.357 e. The van der Waals surface area contributed by atoms with Crippen LogP contribution < -0.4 is 26.7 Å². The van der Waals surface area contributed by atoms with Crippen LogP contribution in [0.1, 0.15) is 39.5 Å². The minimum atomic E-state index is -1.28. The molecule has 3 aliphatic heterocycles. The van der Waals surface area contributed by atoms with Gasteiger partial charge < -0.3 is 15.2 Å². The van der Waals surface area contributed by atoms with Crippen molar-refractivity contribution in [2.75, 3.05) is 28.4 Å². The van der Waals surface area contributed by atoms with E-state index in [4.69, 9.17) is 0 Å². The summed E-state index contributed by atoms with van der Waals surface area (Å²) < 4.78 is 26.5. The molecular weight excluding hydrogens is 457 g/mol. The first-order valence-electron chi connectivity index (χ1n) is 11.4. The fourth-order valence-electron chi connectivity index (χ4n) is 5.28. The van der Waals surface area contributed by atoms with Crippen LogP contribution in [0.15, 0.2) is 35.6 Å². The maximum absolute atomic E-state index is 14.6. The van der Waals surface area contributed by atoms with Crippen molar-refractivity contribution >= 4 is 39.5 Å². The van der Waals surface area contributed by atoms with Crippen LogP contribution in [-0.4, -0.2) is 55.0 Å². The maximum atomic E-state index is 14.6. The largest absolute Gasteiger partial charge is 0.609 e. The van der Waals surface area contributed by atoms with Gasteiger partial charge in [-0.05, 0) is 64.3 Å². The summed E-state index contributed by atoms with van der Waals surface area (Å²) in [5.74, 6) is 0.0331. The number of amidine groups is 1. The number of hydrazine groups is 2. The van der Waals surface area contributed by atoms with E-state index in [1.54, 1.807) is 11.3 Å². The van der Waals surface area contributed by atoms with E-state index in [9.17, 15) is 8.94 Å². The van der Waals surface area contributed by atoms with Gasteiger partial charge in [0.25, 0.3) is 0 Å². The molecule has 0 radical (unpaired) electrons. The van der Waals surface area contributed by atoms with Gasteiger partial charge in [0.2, 0.25) is 5.95 Å². The Morgan fingerprint density at radius 3 is 3.00 bits per heavy atom. The second-order valence-electron chi connectivity index (χ2n) is 9.56. The molecule has 182 valence electrons. The molecule has 4 N–H and O–H groups in total.